The molecule has 1 atom stereocenters. The third-order valence-electron chi connectivity index (χ3n) is 3.19. The summed E-state index contributed by atoms with van der Waals surface area (Å²) >= 11 is 7.66. The Hall–Kier alpha value is -1.03. The highest BCUT2D eigenvalue weighted by Gasteiger charge is 2.11. The predicted molar refractivity (Wildman–Crippen MR) is 87.2 cm³/mol. The zero-order valence-corrected chi connectivity index (χ0v) is 13.4. The average molecular weight is 310 g/mol. The van der Waals surface area contributed by atoms with E-state index in [-0.39, 0.29) is 0 Å². The molecule has 1 aromatic heterocycles. The number of hydrogen-bond acceptors (Lipinski definition) is 3. The molecule has 2 aromatic rings. The minimum Gasteiger partial charge on any atom is -0.497 e. The topological polar surface area (TPSA) is 21.3 Å². The van der Waals surface area contributed by atoms with Gasteiger partial charge in [0.05, 0.1) is 11.4 Å². The molecule has 2 nitrogen and oxygen atoms in total. The molecule has 0 aliphatic rings. The van der Waals surface area contributed by atoms with Gasteiger partial charge in [0.2, 0.25) is 0 Å². The van der Waals surface area contributed by atoms with Crippen molar-refractivity contribution < 1.29 is 4.74 Å². The van der Waals surface area contributed by atoms with Gasteiger partial charge in [0.15, 0.2) is 0 Å². The fraction of sp³-hybridized carbons (Fsp3) is 0.375. The third-order valence-corrected chi connectivity index (χ3v) is 4.44. The number of thiophene rings is 1. The molecule has 0 aliphatic heterocycles. The van der Waals surface area contributed by atoms with Crippen molar-refractivity contribution in [1.29, 1.82) is 0 Å². The van der Waals surface area contributed by atoms with E-state index in [9.17, 15) is 0 Å². The quantitative estimate of drug-likeness (QED) is 0.828. The second-order valence-electron chi connectivity index (χ2n) is 4.72. The number of likely N-dealkylation sites (N-methyl/N-ethyl adjacent to an activating group) is 1. The smallest absolute Gasteiger partial charge is 0.119 e. The molecule has 108 valence electrons. The van der Waals surface area contributed by atoms with E-state index in [1.165, 1.54) is 10.4 Å². The zero-order valence-electron chi connectivity index (χ0n) is 11.9. The van der Waals surface area contributed by atoms with Crippen molar-refractivity contribution in [3.63, 3.8) is 0 Å². The minimum atomic E-state index is 0.418. The van der Waals surface area contributed by atoms with Gasteiger partial charge in [-0.25, -0.2) is 0 Å². The maximum atomic E-state index is 6.00. The van der Waals surface area contributed by atoms with Gasteiger partial charge in [0.1, 0.15) is 5.75 Å². The van der Waals surface area contributed by atoms with Gasteiger partial charge in [-0.2, -0.15) is 0 Å². The molecule has 0 fully saturated rings. The zero-order chi connectivity index (χ0) is 14.4. The van der Waals surface area contributed by atoms with Crippen LogP contribution in [0.4, 0.5) is 0 Å². The Morgan fingerprint density at radius 1 is 1.25 bits per heavy atom. The number of ether oxygens (including phenoxy) is 1. The maximum Gasteiger partial charge on any atom is 0.119 e. The molecule has 0 saturated carbocycles. The molecule has 1 unspecified atom stereocenters. The molecule has 20 heavy (non-hydrogen) atoms. The van der Waals surface area contributed by atoms with Crippen molar-refractivity contribution in [1.82, 2.24) is 5.32 Å². The Bertz CT molecular complexity index is 541. The van der Waals surface area contributed by atoms with Gasteiger partial charge in [-0.3, -0.25) is 0 Å². The Morgan fingerprint density at radius 3 is 2.75 bits per heavy atom. The van der Waals surface area contributed by atoms with Crippen LogP contribution in [0.2, 0.25) is 4.34 Å². The van der Waals surface area contributed by atoms with Gasteiger partial charge < -0.3 is 10.1 Å². The lowest BCUT2D eigenvalue weighted by Gasteiger charge is -2.17. The van der Waals surface area contributed by atoms with Crippen LogP contribution in [-0.2, 0) is 12.8 Å². The largest absolute Gasteiger partial charge is 0.497 e. The molecular formula is C16H20ClNOS. The number of halogens is 1. The van der Waals surface area contributed by atoms with Crippen molar-refractivity contribution in [2.45, 2.75) is 25.8 Å². The molecule has 0 saturated heterocycles. The summed E-state index contributed by atoms with van der Waals surface area (Å²) in [6, 6.07) is 12.8. The van der Waals surface area contributed by atoms with Crippen LogP contribution in [0.3, 0.4) is 0 Å². The fourth-order valence-electron chi connectivity index (χ4n) is 2.29. The number of methoxy groups -OCH3 is 1. The van der Waals surface area contributed by atoms with Gasteiger partial charge in [-0.15, -0.1) is 11.3 Å². The van der Waals surface area contributed by atoms with E-state index >= 15 is 0 Å². The first-order valence-corrected chi connectivity index (χ1v) is 8.01. The highest BCUT2D eigenvalue weighted by molar-refractivity contribution is 7.16. The lowest BCUT2D eigenvalue weighted by atomic mass is 10.0. The lowest BCUT2D eigenvalue weighted by Crippen LogP contribution is -2.32. The summed E-state index contributed by atoms with van der Waals surface area (Å²) < 4.78 is 6.14. The van der Waals surface area contributed by atoms with E-state index in [1.807, 2.05) is 18.2 Å². The van der Waals surface area contributed by atoms with Crippen molar-refractivity contribution >= 4 is 22.9 Å². The number of hydrogen-bond donors (Lipinski definition) is 1. The number of rotatable bonds is 7. The van der Waals surface area contributed by atoms with Gasteiger partial charge >= 0.3 is 0 Å². The van der Waals surface area contributed by atoms with Crippen LogP contribution in [0.15, 0.2) is 36.4 Å². The van der Waals surface area contributed by atoms with Crippen molar-refractivity contribution in [3.05, 3.63) is 51.2 Å². The predicted octanol–water partition coefficient (Wildman–Crippen LogP) is 4.17. The van der Waals surface area contributed by atoms with Crippen molar-refractivity contribution in [3.8, 4) is 5.75 Å². The maximum absolute atomic E-state index is 6.00. The number of benzene rings is 1. The van der Waals surface area contributed by atoms with Gasteiger partial charge in [0, 0.05) is 10.9 Å². The lowest BCUT2D eigenvalue weighted by molar-refractivity contribution is 0.413. The summed E-state index contributed by atoms with van der Waals surface area (Å²) in [5.41, 5.74) is 1.29. The molecular weight excluding hydrogens is 290 g/mol. The first kappa shape index (κ1) is 15.4. The van der Waals surface area contributed by atoms with Gasteiger partial charge in [0.25, 0.3) is 0 Å². The molecule has 1 N–H and O–H groups in total. The molecule has 0 aliphatic carbocycles. The molecule has 0 radical (unpaired) electrons. The van der Waals surface area contributed by atoms with E-state index in [1.54, 1.807) is 18.4 Å². The van der Waals surface area contributed by atoms with Gasteiger partial charge in [-0.1, -0.05) is 30.7 Å². The van der Waals surface area contributed by atoms with Crippen LogP contribution < -0.4 is 10.1 Å². The SMILES string of the molecule is CCNC(Cc1cccc(OC)c1)Cc1ccc(Cl)s1. The molecule has 2 rings (SSSR count). The highest BCUT2D eigenvalue weighted by atomic mass is 35.5. The van der Waals surface area contributed by atoms with E-state index in [0.29, 0.717) is 6.04 Å². The average Bonchev–Trinajstić information content (AvgIpc) is 2.84. The summed E-state index contributed by atoms with van der Waals surface area (Å²) in [5, 5.41) is 3.55. The van der Waals surface area contributed by atoms with Crippen LogP contribution in [0.25, 0.3) is 0 Å². The van der Waals surface area contributed by atoms with Crippen molar-refractivity contribution in [2.75, 3.05) is 13.7 Å². The molecule has 1 aromatic carbocycles. The number of nitrogens with one attached hydrogen (secondary N) is 1. The van der Waals surface area contributed by atoms with Crippen LogP contribution >= 0.6 is 22.9 Å². The molecule has 0 amide bonds. The van der Waals surface area contributed by atoms with E-state index in [4.69, 9.17) is 16.3 Å². The van der Waals surface area contributed by atoms with E-state index < -0.39 is 0 Å². The van der Waals surface area contributed by atoms with Gasteiger partial charge in [-0.05, 0) is 49.2 Å². The Balaban J connectivity index is 2.04. The minimum absolute atomic E-state index is 0.418. The normalized spacial score (nSPS) is 12.3. The molecule has 4 heteroatoms. The summed E-state index contributed by atoms with van der Waals surface area (Å²) in [5.74, 6) is 0.914. The fourth-order valence-corrected chi connectivity index (χ4v) is 3.46. The first-order valence-electron chi connectivity index (χ1n) is 6.81. The summed E-state index contributed by atoms with van der Waals surface area (Å²) in [6.07, 6.45) is 1.99. The Labute approximate surface area is 129 Å². The van der Waals surface area contributed by atoms with Crippen LogP contribution in [-0.4, -0.2) is 19.7 Å². The monoisotopic (exact) mass is 309 g/mol. The second kappa shape index (κ2) is 7.67. The van der Waals surface area contributed by atoms with Crippen LogP contribution in [0, 0.1) is 0 Å². The summed E-state index contributed by atoms with van der Waals surface area (Å²) in [6.45, 7) is 3.10. The molecule has 0 bridgehead atoms. The van der Waals surface area contributed by atoms with Crippen molar-refractivity contribution in [2.24, 2.45) is 0 Å². The Kier molecular flexibility index (Phi) is 5.89. The molecule has 1 heterocycles. The van der Waals surface area contributed by atoms with Crippen LogP contribution in [0.5, 0.6) is 5.75 Å². The first-order chi connectivity index (χ1) is 9.71. The molecule has 0 spiro atoms. The Morgan fingerprint density at radius 2 is 2.10 bits per heavy atom. The second-order valence-corrected chi connectivity index (χ2v) is 6.52. The third kappa shape index (κ3) is 4.51. The summed E-state index contributed by atoms with van der Waals surface area (Å²) in [7, 11) is 1.70. The standard InChI is InChI=1S/C16H20ClNOS/c1-3-18-13(11-15-7-8-16(17)20-15)9-12-5-4-6-14(10-12)19-2/h4-8,10,13,18H,3,9,11H2,1-2H3. The van der Waals surface area contributed by atoms with Crippen LogP contribution in [0.1, 0.15) is 17.4 Å². The highest BCUT2D eigenvalue weighted by Crippen LogP contribution is 2.23. The van der Waals surface area contributed by atoms with E-state index in [2.05, 4.69) is 30.4 Å². The van der Waals surface area contributed by atoms with E-state index in [0.717, 1.165) is 29.5 Å². The summed E-state index contributed by atoms with van der Waals surface area (Å²) in [4.78, 5) is 1.32.